The molecule has 5 aliphatic rings. The zero-order valence-electron chi connectivity index (χ0n) is 30.4. The predicted octanol–water partition coefficient (Wildman–Crippen LogP) is 6.18. The Hall–Kier alpha value is -3.49. The minimum atomic E-state index is -1.14. The normalized spacial score (nSPS) is 32.5. The van der Waals surface area contributed by atoms with Crippen molar-refractivity contribution in [3.8, 4) is 0 Å². The number of nitrogens with zero attached hydrogens (tertiary/aromatic N) is 2. The molecule has 2 aromatic carbocycles. The van der Waals surface area contributed by atoms with Gasteiger partial charge in [0.2, 0.25) is 17.7 Å². The molecule has 4 heterocycles. The van der Waals surface area contributed by atoms with E-state index in [0.29, 0.717) is 35.9 Å². The highest BCUT2D eigenvalue weighted by atomic mass is 16.5. The van der Waals surface area contributed by atoms with Gasteiger partial charge in [0.1, 0.15) is 11.6 Å². The average Bonchev–Trinajstić information content (AvgIpc) is 3.75. The van der Waals surface area contributed by atoms with Gasteiger partial charge in [-0.2, -0.15) is 0 Å². The molecule has 7 rings (SSSR count). The van der Waals surface area contributed by atoms with E-state index in [1.807, 2.05) is 36.4 Å². The molecule has 2 bridgehead atoms. The van der Waals surface area contributed by atoms with E-state index in [9.17, 15) is 14.4 Å². The number of fused-ring (bicyclic) bond motifs is 1. The van der Waals surface area contributed by atoms with Gasteiger partial charge in [0.15, 0.2) is 0 Å². The maximum atomic E-state index is 14.5. The Morgan fingerprint density at radius 1 is 0.940 bits per heavy atom. The molecule has 0 radical (unpaired) electrons. The number of hydrogen-bond donors (Lipinski definition) is 2. The molecule has 8 atom stereocenters. The molecule has 3 saturated heterocycles. The molecule has 1 aliphatic carbocycles. The summed E-state index contributed by atoms with van der Waals surface area (Å²) in [5.74, 6) is 0.0112. The summed E-state index contributed by atoms with van der Waals surface area (Å²) >= 11 is 0. The molecule has 2 aromatic rings. The van der Waals surface area contributed by atoms with Crippen LogP contribution in [0.15, 0.2) is 66.7 Å². The quantitative estimate of drug-likeness (QED) is 0.277. The van der Waals surface area contributed by atoms with Crippen LogP contribution in [0.25, 0.3) is 0 Å². The van der Waals surface area contributed by atoms with E-state index in [4.69, 9.17) is 4.74 Å². The van der Waals surface area contributed by atoms with E-state index >= 15 is 0 Å². The summed E-state index contributed by atoms with van der Waals surface area (Å²) in [5.41, 5.74) is 2.16. The molecule has 6 unspecified atom stereocenters. The lowest BCUT2D eigenvalue weighted by atomic mass is 9.73. The van der Waals surface area contributed by atoms with E-state index in [1.165, 1.54) is 30.4 Å². The van der Waals surface area contributed by atoms with Crippen molar-refractivity contribution in [2.24, 2.45) is 29.6 Å². The third-order valence-electron chi connectivity index (χ3n) is 12.8. The van der Waals surface area contributed by atoms with E-state index in [1.54, 1.807) is 4.90 Å². The first-order valence-electron chi connectivity index (χ1n) is 19.3. The van der Waals surface area contributed by atoms with Crippen molar-refractivity contribution in [1.82, 2.24) is 15.1 Å². The van der Waals surface area contributed by atoms with Crippen molar-refractivity contribution in [3.05, 3.63) is 77.9 Å². The van der Waals surface area contributed by atoms with Gasteiger partial charge in [0.05, 0.1) is 17.9 Å². The Labute approximate surface area is 298 Å². The van der Waals surface area contributed by atoms with Gasteiger partial charge < -0.3 is 25.2 Å². The maximum absolute atomic E-state index is 14.5. The third-order valence-corrected chi connectivity index (χ3v) is 12.8. The smallest absolute Gasteiger partial charge is 0.246 e. The van der Waals surface area contributed by atoms with Crippen molar-refractivity contribution in [2.45, 2.75) is 102 Å². The van der Waals surface area contributed by atoms with Crippen LogP contribution in [-0.2, 0) is 25.5 Å². The van der Waals surface area contributed by atoms with Crippen LogP contribution in [0.3, 0.4) is 0 Å². The van der Waals surface area contributed by atoms with Crippen LogP contribution in [0.4, 0.5) is 5.69 Å². The third kappa shape index (κ3) is 6.78. The number of rotatable bonds is 11. The van der Waals surface area contributed by atoms with Crippen molar-refractivity contribution >= 4 is 23.4 Å². The molecule has 1 spiro atoms. The Kier molecular flexibility index (Phi) is 10.2. The van der Waals surface area contributed by atoms with Crippen LogP contribution >= 0.6 is 0 Å². The summed E-state index contributed by atoms with van der Waals surface area (Å²) in [7, 11) is 0. The number of carbonyl (C=O) groups excluding carboxylic acids is 3. The second-order valence-corrected chi connectivity index (χ2v) is 16.2. The molecule has 8 nitrogen and oxygen atoms in total. The number of anilines is 1. The summed E-state index contributed by atoms with van der Waals surface area (Å²) < 4.78 is 6.63. The zero-order valence-corrected chi connectivity index (χ0v) is 30.4. The molecule has 268 valence electrons. The maximum Gasteiger partial charge on any atom is 0.246 e. The number of carbonyl (C=O) groups is 3. The zero-order chi connectivity index (χ0) is 35.0. The SMILES string of the molecule is CC(C)c1ccc(NC(=O)C2[C@H]3C=CC4(O3)C(C(=O)NC3CCCC(C)C3C)N(CCCN3CCC(Cc5ccccc5)CC3)C(=O)[C@@H]24)cc1. The van der Waals surface area contributed by atoms with Gasteiger partial charge >= 0.3 is 0 Å². The minimum absolute atomic E-state index is 0.0614. The standard InChI is InChI=1S/C42H56N4O4/c1-27(2)32-14-16-33(17-15-32)43-39(47)36-35-18-21-42(50-35)37(36)41(49)46(38(42)40(48)44-34-13-8-10-28(3)29(34)4)23-9-22-45-24-19-31(20-25-45)26-30-11-6-5-7-12-30/h5-7,11-12,14-18,21,27-29,31,34-38H,8-10,13,19-20,22-26H2,1-4H3,(H,43,47)(H,44,48)/t28?,29?,34?,35-,36?,37-,38?,42?/m1/s1. The van der Waals surface area contributed by atoms with E-state index in [-0.39, 0.29) is 23.8 Å². The van der Waals surface area contributed by atoms with Crippen LogP contribution in [0.5, 0.6) is 0 Å². The first-order valence-corrected chi connectivity index (χ1v) is 19.3. The van der Waals surface area contributed by atoms with Crippen molar-refractivity contribution in [3.63, 3.8) is 0 Å². The van der Waals surface area contributed by atoms with Gasteiger partial charge in [-0.1, -0.05) is 95.2 Å². The molecular formula is C42H56N4O4. The number of benzene rings is 2. The average molecular weight is 681 g/mol. The second-order valence-electron chi connectivity index (χ2n) is 16.2. The van der Waals surface area contributed by atoms with Crippen molar-refractivity contribution in [2.75, 3.05) is 31.5 Å². The highest BCUT2D eigenvalue weighted by Gasteiger charge is 2.72. The molecule has 4 fully saturated rings. The Morgan fingerprint density at radius 2 is 1.68 bits per heavy atom. The Bertz CT molecular complexity index is 1550. The second kappa shape index (κ2) is 14.6. The van der Waals surface area contributed by atoms with E-state index in [2.05, 4.69) is 73.6 Å². The highest BCUT2D eigenvalue weighted by Crippen LogP contribution is 2.55. The van der Waals surface area contributed by atoms with Crippen LogP contribution in [0, 0.1) is 29.6 Å². The van der Waals surface area contributed by atoms with Crippen LogP contribution < -0.4 is 10.6 Å². The van der Waals surface area contributed by atoms with Crippen molar-refractivity contribution in [1.29, 1.82) is 0 Å². The van der Waals surface area contributed by atoms with Gasteiger partial charge in [0, 0.05) is 18.3 Å². The van der Waals surface area contributed by atoms with Gasteiger partial charge in [0.25, 0.3) is 0 Å². The molecule has 1 saturated carbocycles. The van der Waals surface area contributed by atoms with Gasteiger partial charge in [-0.15, -0.1) is 0 Å². The Balaban J connectivity index is 1.05. The molecule has 0 aromatic heterocycles. The number of piperidine rings is 1. The fourth-order valence-corrected chi connectivity index (χ4v) is 9.56. The number of amides is 3. The number of nitrogens with one attached hydrogen (secondary N) is 2. The lowest BCUT2D eigenvalue weighted by Crippen LogP contribution is -2.58. The molecule has 3 amide bonds. The van der Waals surface area contributed by atoms with Crippen molar-refractivity contribution < 1.29 is 19.1 Å². The summed E-state index contributed by atoms with van der Waals surface area (Å²) in [4.78, 5) is 47.2. The first kappa shape index (κ1) is 34.9. The van der Waals surface area contributed by atoms with Crippen LogP contribution in [-0.4, -0.2) is 77.5 Å². The van der Waals surface area contributed by atoms with Gasteiger partial charge in [-0.3, -0.25) is 14.4 Å². The molecule has 4 aliphatic heterocycles. The number of hydrogen-bond acceptors (Lipinski definition) is 5. The summed E-state index contributed by atoms with van der Waals surface area (Å²) in [6.45, 7) is 12.2. The minimum Gasteiger partial charge on any atom is -0.359 e. The first-order chi connectivity index (χ1) is 24.1. The van der Waals surface area contributed by atoms with Gasteiger partial charge in [-0.05, 0) is 98.7 Å². The summed E-state index contributed by atoms with van der Waals surface area (Å²) in [5, 5.41) is 6.46. The predicted molar refractivity (Wildman–Crippen MR) is 196 cm³/mol. The monoisotopic (exact) mass is 680 g/mol. The Morgan fingerprint density at radius 3 is 2.40 bits per heavy atom. The fourth-order valence-electron chi connectivity index (χ4n) is 9.56. The van der Waals surface area contributed by atoms with E-state index in [0.717, 1.165) is 45.3 Å². The number of likely N-dealkylation sites (tertiary alicyclic amines) is 2. The van der Waals surface area contributed by atoms with E-state index < -0.39 is 29.6 Å². The lowest BCUT2D eigenvalue weighted by Gasteiger charge is -2.38. The molecule has 2 N–H and O–H groups in total. The topological polar surface area (TPSA) is 91.0 Å². The van der Waals surface area contributed by atoms with Crippen LogP contribution in [0.1, 0.15) is 83.3 Å². The fraction of sp³-hybridized carbons (Fsp3) is 0.595. The molecule has 50 heavy (non-hydrogen) atoms. The number of ether oxygens (including phenoxy) is 1. The summed E-state index contributed by atoms with van der Waals surface area (Å²) in [6, 6.07) is 17.9. The highest BCUT2D eigenvalue weighted by molar-refractivity contribution is 6.02. The summed E-state index contributed by atoms with van der Waals surface area (Å²) in [6.07, 6.45) is 10.7. The van der Waals surface area contributed by atoms with Crippen LogP contribution in [0.2, 0.25) is 0 Å². The largest absolute Gasteiger partial charge is 0.359 e. The molecular weight excluding hydrogens is 624 g/mol. The molecule has 8 heteroatoms. The lowest BCUT2D eigenvalue weighted by molar-refractivity contribution is -0.141. The van der Waals surface area contributed by atoms with Gasteiger partial charge in [-0.25, -0.2) is 0 Å².